The number of aromatic nitrogens is 5. The first kappa shape index (κ1) is 18.8. The maximum absolute atomic E-state index is 12.7. The Labute approximate surface area is 170 Å². The lowest BCUT2D eigenvalue weighted by molar-refractivity contribution is 0.0949. The van der Waals surface area contributed by atoms with Crippen LogP contribution in [-0.2, 0) is 6.54 Å². The number of carbonyl (C=O) groups is 1. The lowest BCUT2D eigenvalue weighted by atomic mass is 10.2. The normalized spacial score (nSPS) is 10.9. The first-order valence-corrected chi connectivity index (χ1v) is 8.92. The molecule has 150 valence electrons. The van der Waals surface area contributed by atoms with E-state index in [1.807, 2.05) is 60.7 Å². The molecule has 11 heteroatoms. The van der Waals surface area contributed by atoms with Gasteiger partial charge in [0.1, 0.15) is 0 Å². The number of amides is 1. The summed E-state index contributed by atoms with van der Waals surface area (Å²) in [7, 11) is 0. The van der Waals surface area contributed by atoms with Gasteiger partial charge in [0.05, 0.1) is 18.5 Å². The zero-order valence-corrected chi connectivity index (χ0v) is 15.6. The number of nitrogens with zero attached hydrogens (tertiary/aromatic N) is 6. The van der Waals surface area contributed by atoms with E-state index in [-0.39, 0.29) is 23.9 Å². The van der Waals surface area contributed by atoms with Gasteiger partial charge in [-0.25, -0.2) is 10.1 Å². The standard InChI is InChI=1S/C19H17N9O2/c20-17-18(26-30-25-17)28-15(12-21-14-9-5-2-6-10-14)16(23-27-28)19(29)24-22-11-13-7-3-1-4-8-13/h1-11,21H,12H2,(H2,20,25)(H,24,29)/b22-11-. The van der Waals surface area contributed by atoms with Crippen LogP contribution in [0, 0.1) is 0 Å². The topological polar surface area (TPSA) is 149 Å². The molecular formula is C19H17N9O2. The van der Waals surface area contributed by atoms with Crippen molar-refractivity contribution in [2.75, 3.05) is 11.1 Å². The predicted molar refractivity (Wildman–Crippen MR) is 109 cm³/mol. The number of nitrogens with one attached hydrogen (secondary N) is 2. The van der Waals surface area contributed by atoms with Gasteiger partial charge in [-0.2, -0.15) is 9.78 Å². The molecule has 0 radical (unpaired) electrons. The molecule has 4 aromatic rings. The van der Waals surface area contributed by atoms with Crippen molar-refractivity contribution < 1.29 is 9.42 Å². The third kappa shape index (κ3) is 4.14. The van der Waals surface area contributed by atoms with Crippen molar-refractivity contribution in [1.29, 1.82) is 0 Å². The number of nitrogen functional groups attached to an aromatic ring is 1. The van der Waals surface area contributed by atoms with Crippen molar-refractivity contribution in [2.45, 2.75) is 6.54 Å². The van der Waals surface area contributed by atoms with E-state index in [0.717, 1.165) is 11.3 Å². The summed E-state index contributed by atoms with van der Waals surface area (Å²) in [5.74, 6) is -0.373. The molecule has 0 aliphatic heterocycles. The van der Waals surface area contributed by atoms with E-state index in [2.05, 4.69) is 41.1 Å². The van der Waals surface area contributed by atoms with Crippen LogP contribution in [-0.4, -0.2) is 37.4 Å². The highest BCUT2D eigenvalue weighted by Gasteiger charge is 2.23. The van der Waals surface area contributed by atoms with Crippen LogP contribution in [0.25, 0.3) is 5.82 Å². The van der Waals surface area contributed by atoms with Crippen LogP contribution in [0.2, 0.25) is 0 Å². The van der Waals surface area contributed by atoms with Crippen molar-refractivity contribution in [2.24, 2.45) is 5.10 Å². The molecule has 2 aromatic heterocycles. The van der Waals surface area contributed by atoms with E-state index in [9.17, 15) is 4.79 Å². The van der Waals surface area contributed by atoms with Crippen LogP contribution >= 0.6 is 0 Å². The fourth-order valence-corrected chi connectivity index (χ4v) is 2.64. The maximum atomic E-state index is 12.7. The van der Waals surface area contributed by atoms with Gasteiger partial charge in [-0.1, -0.05) is 53.7 Å². The van der Waals surface area contributed by atoms with E-state index in [1.54, 1.807) is 0 Å². The first-order valence-electron chi connectivity index (χ1n) is 8.92. The molecule has 11 nitrogen and oxygen atoms in total. The van der Waals surface area contributed by atoms with Crippen LogP contribution in [0.5, 0.6) is 0 Å². The minimum absolute atomic E-state index is 0.0231. The fourth-order valence-electron chi connectivity index (χ4n) is 2.64. The van der Waals surface area contributed by atoms with Crippen LogP contribution in [0.15, 0.2) is 70.4 Å². The van der Waals surface area contributed by atoms with E-state index in [0.29, 0.717) is 5.69 Å². The minimum Gasteiger partial charge on any atom is -0.379 e. The van der Waals surface area contributed by atoms with Crippen molar-refractivity contribution in [1.82, 2.24) is 30.7 Å². The number of nitrogens with two attached hydrogens (primary N) is 1. The summed E-state index contributed by atoms with van der Waals surface area (Å²) in [6, 6.07) is 18.8. The van der Waals surface area contributed by atoms with E-state index in [1.165, 1.54) is 10.9 Å². The summed E-state index contributed by atoms with van der Waals surface area (Å²) in [5, 5.41) is 22.4. The van der Waals surface area contributed by atoms with Crippen molar-refractivity contribution >= 4 is 23.6 Å². The molecule has 0 aliphatic rings. The zero-order chi connectivity index (χ0) is 20.8. The molecule has 0 bridgehead atoms. The van der Waals surface area contributed by atoms with Crippen LogP contribution < -0.4 is 16.5 Å². The molecular weight excluding hydrogens is 386 g/mol. The number of carbonyl (C=O) groups excluding carboxylic acids is 1. The molecule has 1 amide bonds. The van der Waals surface area contributed by atoms with Crippen LogP contribution in [0.4, 0.5) is 11.5 Å². The smallest absolute Gasteiger partial charge is 0.293 e. The average molecular weight is 403 g/mol. The molecule has 2 heterocycles. The van der Waals surface area contributed by atoms with Gasteiger partial charge < -0.3 is 11.1 Å². The predicted octanol–water partition coefficient (Wildman–Crippen LogP) is 1.61. The highest BCUT2D eigenvalue weighted by molar-refractivity contribution is 5.94. The number of hydrogen-bond donors (Lipinski definition) is 3. The first-order chi connectivity index (χ1) is 14.7. The Balaban J connectivity index is 1.58. The molecule has 30 heavy (non-hydrogen) atoms. The Kier molecular flexibility index (Phi) is 5.42. The second-order valence-electron chi connectivity index (χ2n) is 6.10. The van der Waals surface area contributed by atoms with Gasteiger partial charge >= 0.3 is 0 Å². The molecule has 2 aromatic carbocycles. The Bertz CT molecular complexity index is 1150. The number of para-hydroxylation sites is 1. The quantitative estimate of drug-likeness (QED) is 0.311. The second kappa shape index (κ2) is 8.65. The zero-order valence-electron chi connectivity index (χ0n) is 15.6. The molecule has 0 aliphatic carbocycles. The summed E-state index contributed by atoms with van der Waals surface area (Å²) >= 11 is 0. The third-order valence-electron chi connectivity index (χ3n) is 4.09. The summed E-state index contributed by atoms with van der Waals surface area (Å²) in [5.41, 5.74) is 10.4. The van der Waals surface area contributed by atoms with E-state index >= 15 is 0 Å². The van der Waals surface area contributed by atoms with Gasteiger partial charge in [0.25, 0.3) is 5.91 Å². The van der Waals surface area contributed by atoms with Gasteiger partial charge in [0.15, 0.2) is 5.69 Å². The summed E-state index contributed by atoms with van der Waals surface area (Å²) in [6.07, 6.45) is 1.53. The van der Waals surface area contributed by atoms with Crippen molar-refractivity contribution in [3.05, 3.63) is 77.6 Å². The van der Waals surface area contributed by atoms with E-state index in [4.69, 9.17) is 5.73 Å². The monoisotopic (exact) mass is 403 g/mol. The third-order valence-corrected chi connectivity index (χ3v) is 4.09. The molecule has 0 unspecified atom stereocenters. The molecule has 0 fully saturated rings. The lowest BCUT2D eigenvalue weighted by Crippen LogP contribution is -2.21. The van der Waals surface area contributed by atoms with Crippen LogP contribution in [0.3, 0.4) is 0 Å². The lowest BCUT2D eigenvalue weighted by Gasteiger charge is -2.08. The van der Waals surface area contributed by atoms with Crippen LogP contribution in [0.1, 0.15) is 21.7 Å². The molecule has 4 rings (SSSR count). The highest BCUT2D eigenvalue weighted by atomic mass is 16.6. The number of hydrogen-bond acceptors (Lipinski definition) is 9. The number of anilines is 2. The van der Waals surface area contributed by atoms with Gasteiger partial charge in [0.2, 0.25) is 11.6 Å². The van der Waals surface area contributed by atoms with E-state index < -0.39 is 5.91 Å². The largest absolute Gasteiger partial charge is 0.379 e. The summed E-state index contributed by atoms with van der Waals surface area (Å²) in [4.78, 5) is 12.7. The number of hydrazone groups is 1. The molecule has 0 atom stereocenters. The minimum atomic E-state index is -0.534. The Morgan fingerprint density at radius 2 is 1.83 bits per heavy atom. The van der Waals surface area contributed by atoms with Crippen molar-refractivity contribution in [3.63, 3.8) is 0 Å². The molecule has 4 N–H and O–H groups in total. The maximum Gasteiger partial charge on any atom is 0.293 e. The summed E-state index contributed by atoms with van der Waals surface area (Å²) < 4.78 is 5.95. The molecule has 0 saturated carbocycles. The Morgan fingerprint density at radius 1 is 1.10 bits per heavy atom. The number of benzene rings is 2. The van der Waals surface area contributed by atoms with Gasteiger partial charge in [-0.3, -0.25) is 4.79 Å². The molecule has 0 spiro atoms. The second-order valence-corrected chi connectivity index (χ2v) is 6.10. The van der Waals surface area contributed by atoms with Crippen molar-refractivity contribution in [3.8, 4) is 5.82 Å². The molecule has 0 saturated heterocycles. The van der Waals surface area contributed by atoms with Gasteiger partial charge in [0, 0.05) is 5.69 Å². The fraction of sp³-hybridized carbons (Fsp3) is 0.0526. The Morgan fingerprint density at radius 3 is 2.53 bits per heavy atom. The SMILES string of the molecule is Nc1nonc1-n1nnc(C(=O)N/N=C\c2ccccc2)c1CNc1ccccc1. The summed E-state index contributed by atoms with van der Waals surface area (Å²) in [6.45, 7) is 0.217. The highest BCUT2D eigenvalue weighted by Crippen LogP contribution is 2.17. The van der Waals surface area contributed by atoms with Gasteiger partial charge in [-0.15, -0.1) is 5.10 Å². The Hall–Kier alpha value is -4.54. The average Bonchev–Trinajstić information content (AvgIpc) is 3.39. The number of rotatable bonds is 7. The van der Waals surface area contributed by atoms with Gasteiger partial charge in [-0.05, 0) is 28.0 Å².